The summed E-state index contributed by atoms with van der Waals surface area (Å²) in [5, 5.41) is 5.36. The maximum Gasteiger partial charge on any atom is 0.148 e. The first-order chi connectivity index (χ1) is 7.71. The van der Waals surface area contributed by atoms with Crippen molar-refractivity contribution in [3.8, 4) is 0 Å². The summed E-state index contributed by atoms with van der Waals surface area (Å²) in [6.07, 6.45) is 1.27. The zero-order valence-electron chi connectivity index (χ0n) is 10.9. The molecule has 0 fully saturated rings. The third kappa shape index (κ3) is 5.19. The molecule has 0 radical (unpaired) electrons. The summed E-state index contributed by atoms with van der Waals surface area (Å²) in [5.74, 6) is 0.188. The Morgan fingerprint density at radius 3 is 2.59 bits per heavy atom. The van der Waals surface area contributed by atoms with Crippen molar-refractivity contribution in [2.75, 3.05) is 18.6 Å². The van der Waals surface area contributed by atoms with Crippen molar-refractivity contribution in [2.45, 2.75) is 32.2 Å². The van der Waals surface area contributed by atoms with Crippen molar-refractivity contribution in [1.82, 2.24) is 5.32 Å². The number of hydrogen-bond acceptors (Lipinski definition) is 4. The van der Waals surface area contributed by atoms with Crippen LogP contribution in [-0.4, -0.2) is 33.0 Å². The Hall–Kier alpha value is -0.390. The summed E-state index contributed by atoms with van der Waals surface area (Å²) in [5.41, 5.74) is 0.0416. The quantitative estimate of drug-likeness (QED) is 0.864. The van der Waals surface area contributed by atoms with E-state index in [0.29, 0.717) is 0 Å². The molecule has 0 amide bonds. The molecule has 1 rings (SSSR count). The normalized spacial score (nSPS) is 14.8. The molecule has 0 aliphatic carbocycles. The van der Waals surface area contributed by atoms with E-state index in [-0.39, 0.29) is 17.2 Å². The number of sulfone groups is 1. The summed E-state index contributed by atoms with van der Waals surface area (Å²) in [6.45, 7) is 7.02. The van der Waals surface area contributed by atoms with E-state index in [9.17, 15) is 8.42 Å². The zero-order valence-corrected chi connectivity index (χ0v) is 12.5. The third-order valence-corrected chi connectivity index (χ3v) is 4.97. The fourth-order valence-corrected chi connectivity index (χ4v) is 3.57. The van der Waals surface area contributed by atoms with Crippen LogP contribution in [0.1, 0.15) is 25.6 Å². The molecule has 0 aliphatic rings. The van der Waals surface area contributed by atoms with Gasteiger partial charge in [0.05, 0.1) is 5.75 Å². The van der Waals surface area contributed by atoms with Crippen LogP contribution in [0.15, 0.2) is 17.5 Å². The molecule has 0 saturated carbocycles. The molecule has 98 valence electrons. The van der Waals surface area contributed by atoms with Gasteiger partial charge in [-0.15, -0.1) is 11.3 Å². The predicted octanol–water partition coefficient (Wildman–Crippen LogP) is 2.05. The monoisotopic (exact) mass is 275 g/mol. The van der Waals surface area contributed by atoms with E-state index >= 15 is 0 Å². The van der Waals surface area contributed by atoms with Crippen LogP contribution in [-0.2, 0) is 15.3 Å². The van der Waals surface area contributed by atoms with Gasteiger partial charge in [0.2, 0.25) is 0 Å². The Morgan fingerprint density at radius 2 is 2.12 bits per heavy atom. The van der Waals surface area contributed by atoms with Crippen LogP contribution in [0.5, 0.6) is 0 Å². The van der Waals surface area contributed by atoms with Gasteiger partial charge in [0.1, 0.15) is 9.84 Å². The van der Waals surface area contributed by atoms with E-state index in [1.807, 2.05) is 13.0 Å². The Morgan fingerprint density at radius 1 is 1.47 bits per heavy atom. The first-order valence-corrected chi connectivity index (χ1v) is 8.60. The van der Waals surface area contributed by atoms with E-state index in [1.54, 1.807) is 11.3 Å². The Kier molecular flexibility index (Phi) is 4.75. The molecule has 0 spiro atoms. The SMILES string of the molecule is CC(CS(C)(=O)=O)NCC(C)(C)c1cccs1. The second-order valence-corrected chi connectivity index (χ2v) is 8.37. The highest BCUT2D eigenvalue weighted by Gasteiger charge is 2.22. The average molecular weight is 275 g/mol. The number of nitrogens with one attached hydrogen (secondary N) is 1. The lowest BCUT2D eigenvalue weighted by atomic mass is 9.91. The lowest BCUT2D eigenvalue weighted by Crippen LogP contribution is -2.40. The minimum Gasteiger partial charge on any atom is -0.312 e. The molecule has 1 N–H and O–H groups in total. The molecule has 0 bridgehead atoms. The van der Waals surface area contributed by atoms with Gasteiger partial charge in [0.15, 0.2) is 0 Å². The summed E-state index contributed by atoms with van der Waals surface area (Å²) in [4.78, 5) is 1.32. The highest BCUT2D eigenvalue weighted by Crippen LogP contribution is 2.26. The molecule has 17 heavy (non-hydrogen) atoms. The minimum absolute atomic E-state index is 0.00997. The molecule has 1 unspecified atom stereocenters. The van der Waals surface area contributed by atoms with Crippen LogP contribution in [0, 0.1) is 0 Å². The van der Waals surface area contributed by atoms with Gasteiger partial charge in [-0.25, -0.2) is 8.42 Å². The molecule has 1 atom stereocenters. The Bertz CT molecular complexity index is 435. The average Bonchev–Trinajstić information content (AvgIpc) is 2.65. The first-order valence-electron chi connectivity index (χ1n) is 5.66. The van der Waals surface area contributed by atoms with Crippen LogP contribution >= 0.6 is 11.3 Å². The van der Waals surface area contributed by atoms with Crippen molar-refractivity contribution < 1.29 is 8.42 Å². The molecular formula is C12H21NO2S2. The molecule has 0 aliphatic heterocycles. The van der Waals surface area contributed by atoms with Crippen LogP contribution in [0.2, 0.25) is 0 Å². The maximum absolute atomic E-state index is 11.2. The maximum atomic E-state index is 11.2. The van der Waals surface area contributed by atoms with E-state index in [1.165, 1.54) is 11.1 Å². The lowest BCUT2D eigenvalue weighted by molar-refractivity contribution is 0.447. The van der Waals surface area contributed by atoms with Gasteiger partial charge in [-0.05, 0) is 18.4 Å². The molecule has 1 aromatic heterocycles. The largest absolute Gasteiger partial charge is 0.312 e. The molecule has 1 heterocycles. The van der Waals surface area contributed by atoms with Crippen molar-refractivity contribution in [2.24, 2.45) is 0 Å². The third-order valence-electron chi connectivity index (χ3n) is 2.63. The van der Waals surface area contributed by atoms with E-state index in [0.717, 1.165) is 6.54 Å². The first kappa shape index (κ1) is 14.7. The fraction of sp³-hybridized carbons (Fsp3) is 0.667. The lowest BCUT2D eigenvalue weighted by Gasteiger charge is -2.26. The van der Waals surface area contributed by atoms with Crippen LogP contribution in [0.3, 0.4) is 0 Å². The zero-order chi connectivity index (χ0) is 13.1. The van der Waals surface area contributed by atoms with Gasteiger partial charge in [-0.3, -0.25) is 0 Å². The van der Waals surface area contributed by atoms with E-state index in [4.69, 9.17) is 0 Å². The van der Waals surface area contributed by atoms with Gasteiger partial charge in [0.25, 0.3) is 0 Å². The molecular weight excluding hydrogens is 254 g/mol. The molecule has 1 aromatic rings. The van der Waals surface area contributed by atoms with Crippen molar-refractivity contribution in [3.05, 3.63) is 22.4 Å². The smallest absolute Gasteiger partial charge is 0.148 e. The number of thiophene rings is 1. The van der Waals surface area contributed by atoms with Crippen LogP contribution < -0.4 is 5.32 Å². The topological polar surface area (TPSA) is 46.2 Å². The summed E-state index contributed by atoms with van der Waals surface area (Å²) in [6, 6.07) is 4.15. The van der Waals surface area contributed by atoms with Gasteiger partial charge < -0.3 is 5.32 Å². The Balaban J connectivity index is 2.51. The highest BCUT2D eigenvalue weighted by molar-refractivity contribution is 7.90. The molecule has 3 nitrogen and oxygen atoms in total. The number of hydrogen-bond donors (Lipinski definition) is 1. The van der Waals surface area contributed by atoms with Gasteiger partial charge in [0, 0.05) is 29.1 Å². The minimum atomic E-state index is -2.90. The van der Waals surface area contributed by atoms with E-state index < -0.39 is 9.84 Å². The Labute approximate surface area is 108 Å². The van der Waals surface area contributed by atoms with Crippen molar-refractivity contribution in [3.63, 3.8) is 0 Å². The summed E-state index contributed by atoms with van der Waals surface area (Å²) < 4.78 is 22.3. The fourth-order valence-electron chi connectivity index (χ4n) is 1.69. The highest BCUT2D eigenvalue weighted by atomic mass is 32.2. The van der Waals surface area contributed by atoms with Crippen molar-refractivity contribution in [1.29, 1.82) is 0 Å². The number of rotatable bonds is 6. The van der Waals surface area contributed by atoms with Gasteiger partial charge >= 0.3 is 0 Å². The summed E-state index contributed by atoms with van der Waals surface area (Å²) in [7, 11) is -2.90. The molecule has 0 saturated heterocycles. The van der Waals surface area contributed by atoms with E-state index in [2.05, 4.69) is 30.6 Å². The second kappa shape index (κ2) is 5.50. The molecule has 0 aromatic carbocycles. The van der Waals surface area contributed by atoms with Crippen molar-refractivity contribution >= 4 is 21.2 Å². The second-order valence-electron chi connectivity index (χ2n) is 5.24. The van der Waals surface area contributed by atoms with Gasteiger partial charge in [-0.1, -0.05) is 19.9 Å². The summed E-state index contributed by atoms with van der Waals surface area (Å²) >= 11 is 1.74. The predicted molar refractivity (Wildman–Crippen MR) is 74.5 cm³/mol. The molecule has 5 heteroatoms. The standard InChI is InChI=1S/C12H21NO2S2/c1-10(8-17(4,14)15)13-9-12(2,3)11-6-5-7-16-11/h5-7,10,13H,8-9H2,1-4H3. The van der Waals surface area contributed by atoms with Crippen LogP contribution in [0.25, 0.3) is 0 Å². The van der Waals surface area contributed by atoms with Gasteiger partial charge in [-0.2, -0.15) is 0 Å². The van der Waals surface area contributed by atoms with Crippen LogP contribution in [0.4, 0.5) is 0 Å².